The van der Waals surface area contributed by atoms with E-state index >= 15 is 0 Å². The minimum absolute atomic E-state index is 0.0230. The van der Waals surface area contributed by atoms with Gasteiger partial charge in [0.2, 0.25) is 0 Å². The first-order chi connectivity index (χ1) is 8.15. The molecule has 0 heterocycles. The zero-order valence-corrected chi connectivity index (χ0v) is 10.7. The number of nitro benzene ring substituents is 1. The first kappa shape index (κ1) is 14.1. The molecule has 0 atom stereocenters. The fourth-order valence-electron chi connectivity index (χ4n) is 1.27. The van der Waals surface area contributed by atoms with Gasteiger partial charge in [-0.25, -0.2) is 0 Å². The summed E-state index contributed by atoms with van der Waals surface area (Å²) in [6.07, 6.45) is 2.76. The van der Waals surface area contributed by atoms with Crippen LogP contribution in [0.5, 0.6) is 5.75 Å². The Kier molecular flexibility index (Phi) is 6.08. The fourth-order valence-corrected chi connectivity index (χ4v) is 1.63. The first-order valence-electron chi connectivity index (χ1n) is 5.28. The Morgan fingerprint density at radius 2 is 2.06 bits per heavy atom. The third kappa shape index (κ3) is 4.79. The maximum atomic E-state index is 10.6. The molecule has 1 aromatic rings. The molecule has 0 spiro atoms. The number of unbranched alkanes of at least 4 members (excludes halogenated alkanes) is 2. The van der Waals surface area contributed by atoms with Gasteiger partial charge in [0.1, 0.15) is 5.75 Å². The molecule has 0 unspecified atom stereocenters. The van der Waals surface area contributed by atoms with Crippen LogP contribution in [0.2, 0.25) is 5.02 Å². The summed E-state index contributed by atoms with van der Waals surface area (Å²) in [4.78, 5) is 10.1. The van der Waals surface area contributed by atoms with E-state index in [1.54, 1.807) is 0 Å². The van der Waals surface area contributed by atoms with Crippen molar-refractivity contribution in [2.24, 2.45) is 0 Å². The van der Waals surface area contributed by atoms with Crippen LogP contribution in [0.25, 0.3) is 0 Å². The van der Waals surface area contributed by atoms with E-state index in [0.29, 0.717) is 23.3 Å². The number of alkyl halides is 1. The number of nitrogens with zero attached hydrogens (tertiary/aromatic N) is 1. The van der Waals surface area contributed by atoms with Crippen LogP contribution in [0.1, 0.15) is 19.3 Å². The van der Waals surface area contributed by atoms with Gasteiger partial charge in [-0.05, 0) is 25.3 Å². The molecule has 0 aromatic heterocycles. The zero-order chi connectivity index (χ0) is 12.7. The summed E-state index contributed by atoms with van der Waals surface area (Å²) in [6, 6.07) is 4.15. The monoisotopic (exact) mass is 277 g/mol. The van der Waals surface area contributed by atoms with Gasteiger partial charge in [-0.15, -0.1) is 11.6 Å². The van der Waals surface area contributed by atoms with Crippen molar-refractivity contribution in [2.75, 3.05) is 12.5 Å². The molecule has 6 heteroatoms. The van der Waals surface area contributed by atoms with E-state index in [0.717, 1.165) is 19.3 Å². The van der Waals surface area contributed by atoms with Gasteiger partial charge >= 0.3 is 0 Å². The predicted molar refractivity (Wildman–Crippen MR) is 68.2 cm³/mol. The summed E-state index contributed by atoms with van der Waals surface area (Å²) in [7, 11) is 0. The molecule has 1 rings (SSSR count). The minimum atomic E-state index is -0.476. The molecule has 0 amide bonds. The minimum Gasteiger partial charge on any atom is -0.492 e. The molecule has 0 fully saturated rings. The van der Waals surface area contributed by atoms with Crippen molar-refractivity contribution >= 4 is 28.9 Å². The molecule has 17 heavy (non-hydrogen) atoms. The topological polar surface area (TPSA) is 52.4 Å². The quantitative estimate of drug-likeness (QED) is 0.327. The van der Waals surface area contributed by atoms with Crippen LogP contribution in [-0.4, -0.2) is 17.4 Å². The molecule has 0 saturated heterocycles. The number of nitro groups is 1. The molecule has 4 nitrogen and oxygen atoms in total. The molecule has 1 aromatic carbocycles. The van der Waals surface area contributed by atoms with Gasteiger partial charge in [-0.1, -0.05) is 11.6 Å². The number of halogens is 2. The van der Waals surface area contributed by atoms with E-state index in [2.05, 4.69) is 0 Å². The van der Waals surface area contributed by atoms with Crippen LogP contribution in [0.15, 0.2) is 18.2 Å². The fraction of sp³-hybridized carbons (Fsp3) is 0.455. The summed E-state index contributed by atoms with van der Waals surface area (Å²) < 4.78 is 5.39. The number of non-ortho nitro benzene ring substituents is 1. The van der Waals surface area contributed by atoms with Crippen molar-refractivity contribution < 1.29 is 9.66 Å². The zero-order valence-electron chi connectivity index (χ0n) is 9.20. The highest BCUT2D eigenvalue weighted by atomic mass is 35.5. The van der Waals surface area contributed by atoms with Crippen LogP contribution in [-0.2, 0) is 0 Å². The van der Waals surface area contributed by atoms with Crippen LogP contribution in [0.4, 0.5) is 5.69 Å². The Hall–Kier alpha value is -1.00. The van der Waals surface area contributed by atoms with Gasteiger partial charge in [0, 0.05) is 11.9 Å². The third-order valence-corrected chi connectivity index (χ3v) is 2.74. The lowest BCUT2D eigenvalue weighted by molar-refractivity contribution is -0.384. The van der Waals surface area contributed by atoms with Gasteiger partial charge in [-0.2, -0.15) is 0 Å². The van der Waals surface area contributed by atoms with Crippen LogP contribution < -0.4 is 4.74 Å². The summed E-state index contributed by atoms with van der Waals surface area (Å²) >= 11 is 11.4. The Morgan fingerprint density at radius 1 is 1.29 bits per heavy atom. The third-order valence-electron chi connectivity index (χ3n) is 2.16. The standard InChI is InChI=1S/C11H13Cl2NO3/c12-6-2-1-3-7-17-11-8-9(14(15)16)4-5-10(11)13/h4-5,8H,1-3,6-7H2. The van der Waals surface area contributed by atoms with E-state index in [-0.39, 0.29) is 5.69 Å². The van der Waals surface area contributed by atoms with Crippen molar-refractivity contribution in [3.8, 4) is 5.75 Å². The number of rotatable bonds is 7. The Bertz CT molecular complexity index is 385. The Balaban J connectivity index is 2.51. The highest BCUT2D eigenvalue weighted by molar-refractivity contribution is 6.32. The smallest absolute Gasteiger partial charge is 0.273 e. The molecule has 0 aliphatic rings. The average Bonchev–Trinajstić information content (AvgIpc) is 2.30. The normalized spacial score (nSPS) is 10.2. The molecular weight excluding hydrogens is 265 g/mol. The lowest BCUT2D eigenvalue weighted by atomic mass is 10.2. The first-order valence-corrected chi connectivity index (χ1v) is 6.19. The van der Waals surface area contributed by atoms with Crippen molar-refractivity contribution in [3.63, 3.8) is 0 Å². The van der Waals surface area contributed by atoms with Gasteiger partial charge in [0.15, 0.2) is 0 Å². The van der Waals surface area contributed by atoms with Crippen molar-refractivity contribution in [2.45, 2.75) is 19.3 Å². The number of hydrogen-bond acceptors (Lipinski definition) is 3. The lowest BCUT2D eigenvalue weighted by Gasteiger charge is -2.07. The Morgan fingerprint density at radius 3 is 2.71 bits per heavy atom. The molecular formula is C11H13Cl2NO3. The van der Waals surface area contributed by atoms with Gasteiger partial charge in [0.05, 0.1) is 22.6 Å². The van der Waals surface area contributed by atoms with Crippen molar-refractivity contribution in [3.05, 3.63) is 33.3 Å². The summed E-state index contributed by atoms with van der Waals surface area (Å²) in [5.74, 6) is 0.990. The lowest BCUT2D eigenvalue weighted by Crippen LogP contribution is -1.99. The molecule has 0 aliphatic heterocycles. The summed E-state index contributed by atoms with van der Waals surface area (Å²) in [6.45, 7) is 0.484. The van der Waals surface area contributed by atoms with Crippen LogP contribution in [0.3, 0.4) is 0 Å². The average molecular weight is 278 g/mol. The molecule has 0 aliphatic carbocycles. The Labute approximate surface area is 110 Å². The van der Waals surface area contributed by atoms with E-state index in [4.69, 9.17) is 27.9 Å². The van der Waals surface area contributed by atoms with Gasteiger partial charge in [0.25, 0.3) is 5.69 Å². The van der Waals surface area contributed by atoms with E-state index in [1.807, 2.05) is 0 Å². The number of ether oxygens (including phenoxy) is 1. The highest BCUT2D eigenvalue weighted by Gasteiger charge is 2.10. The predicted octanol–water partition coefficient (Wildman–Crippen LogP) is 4.04. The largest absolute Gasteiger partial charge is 0.492 e. The van der Waals surface area contributed by atoms with E-state index in [1.165, 1.54) is 18.2 Å². The summed E-state index contributed by atoms with van der Waals surface area (Å²) in [5.41, 5.74) is -0.0230. The second-order valence-corrected chi connectivity index (χ2v) is 4.26. The molecule has 94 valence electrons. The number of hydrogen-bond donors (Lipinski definition) is 0. The van der Waals surface area contributed by atoms with Gasteiger partial charge in [-0.3, -0.25) is 10.1 Å². The van der Waals surface area contributed by atoms with E-state index in [9.17, 15) is 10.1 Å². The van der Waals surface area contributed by atoms with Crippen LogP contribution in [0, 0.1) is 10.1 Å². The molecule has 0 bridgehead atoms. The second kappa shape index (κ2) is 7.35. The highest BCUT2D eigenvalue weighted by Crippen LogP contribution is 2.28. The second-order valence-electron chi connectivity index (χ2n) is 3.47. The van der Waals surface area contributed by atoms with Crippen molar-refractivity contribution in [1.29, 1.82) is 0 Å². The SMILES string of the molecule is O=[N+]([O-])c1ccc(Cl)c(OCCCCCCl)c1. The molecule has 0 saturated carbocycles. The maximum Gasteiger partial charge on any atom is 0.273 e. The van der Waals surface area contributed by atoms with Crippen molar-refractivity contribution in [1.82, 2.24) is 0 Å². The van der Waals surface area contributed by atoms with Crippen LogP contribution >= 0.6 is 23.2 Å². The summed E-state index contributed by atoms with van der Waals surface area (Å²) in [5, 5.41) is 11.0. The number of benzene rings is 1. The van der Waals surface area contributed by atoms with E-state index < -0.39 is 4.92 Å². The molecule has 0 radical (unpaired) electrons. The van der Waals surface area contributed by atoms with Gasteiger partial charge < -0.3 is 4.74 Å². The molecule has 0 N–H and O–H groups in total. The maximum absolute atomic E-state index is 10.6.